The minimum Gasteiger partial charge on any atom is -0.462 e. The van der Waals surface area contributed by atoms with Crippen molar-refractivity contribution < 1.29 is 14.3 Å². The van der Waals surface area contributed by atoms with Gasteiger partial charge in [0.25, 0.3) is 5.56 Å². The summed E-state index contributed by atoms with van der Waals surface area (Å²) in [7, 11) is 2.07. The molecule has 5 aromatic rings. The third-order valence-corrected chi connectivity index (χ3v) is 9.85. The van der Waals surface area contributed by atoms with Gasteiger partial charge in [-0.3, -0.25) is 9.36 Å². The first kappa shape index (κ1) is 33.7. The Kier molecular flexibility index (Phi) is 9.63. The van der Waals surface area contributed by atoms with Gasteiger partial charge >= 0.3 is 12.1 Å². The first-order chi connectivity index (χ1) is 24.9. The van der Waals surface area contributed by atoms with E-state index in [1.165, 1.54) is 0 Å². The molecule has 0 saturated carbocycles. The highest BCUT2D eigenvalue weighted by molar-refractivity contribution is 5.97. The number of nitrogens with zero attached hydrogens (tertiary/aromatic N) is 8. The number of likely N-dealkylation sites (tertiary alicyclic amines) is 1. The van der Waals surface area contributed by atoms with Crippen LogP contribution in [-0.2, 0) is 11.3 Å². The molecule has 12 heteroatoms. The number of likely N-dealkylation sites (N-methyl/N-ethyl adjacent to an activating group) is 1. The number of aromatic nitrogens is 4. The molecule has 51 heavy (non-hydrogen) atoms. The Morgan fingerprint density at radius 1 is 1.00 bits per heavy atom. The lowest BCUT2D eigenvalue weighted by atomic mass is 10.0. The van der Waals surface area contributed by atoms with Crippen molar-refractivity contribution in [3.8, 4) is 17.8 Å². The average molecular weight is 685 g/mol. The zero-order chi connectivity index (χ0) is 35.5. The Balaban J connectivity index is 1.28. The molecule has 12 nitrogen and oxygen atoms in total. The van der Waals surface area contributed by atoms with Crippen LogP contribution in [-0.4, -0.2) is 87.3 Å². The summed E-state index contributed by atoms with van der Waals surface area (Å²) in [4.78, 5) is 48.2. The van der Waals surface area contributed by atoms with Gasteiger partial charge in [0.15, 0.2) is 11.3 Å². The van der Waals surface area contributed by atoms with Crippen LogP contribution in [0.25, 0.3) is 33.6 Å². The predicted molar refractivity (Wildman–Crippen MR) is 196 cm³/mol. The number of carbonyl (C=O) groups is 1. The number of amides is 1. The van der Waals surface area contributed by atoms with Crippen LogP contribution in [0, 0.1) is 18.3 Å². The van der Waals surface area contributed by atoms with Crippen molar-refractivity contribution in [2.24, 2.45) is 0 Å². The molecule has 0 spiro atoms. The minimum atomic E-state index is -0.484. The van der Waals surface area contributed by atoms with E-state index < -0.39 is 12.1 Å². The number of nitriles is 1. The first-order valence-electron chi connectivity index (χ1n) is 17.2. The molecule has 4 heterocycles. The van der Waals surface area contributed by atoms with Crippen LogP contribution in [0.5, 0.6) is 6.01 Å². The maximum Gasteiger partial charge on any atom is 0.410 e. The van der Waals surface area contributed by atoms with Crippen LogP contribution in [0.1, 0.15) is 36.2 Å². The molecule has 0 aliphatic carbocycles. The summed E-state index contributed by atoms with van der Waals surface area (Å²) in [5.41, 5.74) is 2.54. The third-order valence-electron chi connectivity index (χ3n) is 9.85. The van der Waals surface area contributed by atoms with Gasteiger partial charge < -0.3 is 24.2 Å². The van der Waals surface area contributed by atoms with Crippen LogP contribution < -0.4 is 15.2 Å². The molecule has 2 aliphatic rings. The van der Waals surface area contributed by atoms with Crippen molar-refractivity contribution in [1.82, 2.24) is 29.3 Å². The van der Waals surface area contributed by atoms with Gasteiger partial charge in [-0.25, -0.2) is 9.78 Å². The zero-order valence-corrected chi connectivity index (χ0v) is 28.9. The van der Waals surface area contributed by atoms with Crippen molar-refractivity contribution >= 4 is 39.8 Å². The van der Waals surface area contributed by atoms with Gasteiger partial charge in [0.05, 0.1) is 24.2 Å². The maximum atomic E-state index is 14.6. The Labute approximate surface area is 296 Å². The summed E-state index contributed by atoms with van der Waals surface area (Å²) in [5.74, 6) is 0.883. The molecular weight excluding hydrogens is 644 g/mol. The fraction of sp³-hybridized carbons (Fsp3) is 0.333. The second-order valence-corrected chi connectivity index (χ2v) is 13.0. The van der Waals surface area contributed by atoms with Gasteiger partial charge in [0.2, 0.25) is 0 Å². The summed E-state index contributed by atoms with van der Waals surface area (Å²) in [6, 6.07) is 23.2. The summed E-state index contributed by atoms with van der Waals surface area (Å²) in [5, 5.41) is 11.6. The molecule has 0 radical (unpaired) electrons. The van der Waals surface area contributed by atoms with E-state index in [0.717, 1.165) is 41.3 Å². The normalized spacial score (nSPS) is 17.8. The third kappa shape index (κ3) is 6.72. The number of carbonyl (C=O) groups excluding carboxylic acids is 1. The molecule has 260 valence electrons. The van der Waals surface area contributed by atoms with E-state index in [0.29, 0.717) is 36.0 Å². The smallest absolute Gasteiger partial charge is 0.410 e. The minimum absolute atomic E-state index is 0.0818. The number of piperazine rings is 1. The Bertz CT molecular complexity index is 2190. The molecule has 2 unspecified atom stereocenters. The molecule has 2 atom stereocenters. The van der Waals surface area contributed by atoms with Crippen LogP contribution in [0.2, 0.25) is 0 Å². The number of ether oxygens (including phenoxy) is 2. The number of aryl methyl sites for hydroxylation is 1. The fourth-order valence-electron chi connectivity index (χ4n) is 7.15. The lowest BCUT2D eigenvalue weighted by Gasteiger charge is -2.40. The second-order valence-electron chi connectivity index (χ2n) is 13.0. The molecule has 2 aromatic heterocycles. The van der Waals surface area contributed by atoms with Crippen LogP contribution in [0.3, 0.4) is 0 Å². The highest BCUT2D eigenvalue weighted by Crippen LogP contribution is 2.30. The second kappa shape index (κ2) is 14.6. The quantitative estimate of drug-likeness (QED) is 0.196. The number of rotatable bonds is 9. The van der Waals surface area contributed by atoms with E-state index in [1.807, 2.05) is 71.6 Å². The fourth-order valence-corrected chi connectivity index (χ4v) is 7.15. The summed E-state index contributed by atoms with van der Waals surface area (Å²) in [6.45, 7) is 8.22. The van der Waals surface area contributed by atoms with Gasteiger partial charge in [-0.15, -0.1) is 0 Å². The van der Waals surface area contributed by atoms with E-state index in [9.17, 15) is 14.9 Å². The lowest BCUT2D eigenvalue weighted by Crippen LogP contribution is -2.55. The van der Waals surface area contributed by atoms with Gasteiger partial charge in [0.1, 0.15) is 24.6 Å². The predicted octanol–water partition coefficient (Wildman–Crippen LogP) is 5.49. The van der Waals surface area contributed by atoms with E-state index in [-0.39, 0.29) is 49.2 Å². The highest BCUT2D eigenvalue weighted by atomic mass is 16.6. The topological polar surface area (TPSA) is 130 Å². The van der Waals surface area contributed by atoms with E-state index in [4.69, 9.17) is 19.4 Å². The lowest BCUT2D eigenvalue weighted by molar-refractivity contribution is 0.0768. The average Bonchev–Trinajstić information content (AvgIpc) is 3.57. The maximum absolute atomic E-state index is 14.6. The molecule has 2 fully saturated rings. The van der Waals surface area contributed by atoms with Crippen LogP contribution >= 0.6 is 0 Å². The molecule has 0 N–H and O–H groups in total. The van der Waals surface area contributed by atoms with Crippen LogP contribution in [0.15, 0.2) is 78.1 Å². The van der Waals surface area contributed by atoms with Gasteiger partial charge in [-0.1, -0.05) is 73.3 Å². The summed E-state index contributed by atoms with van der Waals surface area (Å²) < 4.78 is 13.5. The summed E-state index contributed by atoms with van der Waals surface area (Å²) >= 11 is 0. The number of benzene rings is 3. The van der Waals surface area contributed by atoms with Crippen molar-refractivity contribution in [3.63, 3.8) is 0 Å². The molecule has 2 aliphatic heterocycles. The van der Waals surface area contributed by atoms with Crippen LogP contribution in [0.4, 0.5) is 10.6 Å². The van der Waals surface area contributed by atoms with E-state index in [1.54, 1.807) is 22.5 Å². The van der Waals surface area contributed by atoms with Crippen molar-refractivity contribution in [2.75, 3.05) is 44.7 Å². The molecule has 0 bridgehead atoms. The first-order valence-corrected chi connectivity index (χ1v) is 17.2. The number of hydrogen-bond acceptors (Lipinski definition) is 10. The molecule has 7 rings (SSSR count). The highest BCUT2D eigenvalue weighted by Gasteiger charge is 2.34. The largest absolute Gasteiger partial charge is 0.462 e. The Morgan fingerprint density at radius 3 is 2.55 bits per heavy atom. The van der Waals surface area contributed by atoms with Crippen molar-refractivity contribution in [1.29, 1.82) is 5.26 Å². The molecular formula is C39H40N8O4. The Hall–Kier alpha value is -5.80. The summed E-state index contributed by atoms with van der Waals surface area (Å²) in [6.07, 6.45) is 3.46. The number of fused-ring (bicyclic) bond motifs is 2. The standard InChI is InChI=1S/C39H40N8O4/c1-4-28-13-8-14-29-15-9-17-32(33(28)29)47-26(2)41-34-35(37(47)48)42-38(50-25-31-16-10-20-44(31)3)43-36(34)45-21-22-46(30(23-45)18-19-40)39(49)51-24-27-11-6-5-7-12-27/h4-9,11-15,17,30-31H,1,10,16,18,20-25H2,2-3H3. The van der Waals surface area contributed by atoms with Gasteiger partial charge in [-0.05, 0) is 55.9 Å². The molecule has 1 amide bonds. The SMILES string of the molecule is C=Cc1cccc2cccc(-n3c(C)nc4c(N5CCN(C(=O)OCc6ccccc6)C(CC#N)C5)nc(OCC5CCCN5C)nc4c3=O)c12. The van der Waals surface area contributed by atoms with Crippen molar-refractivity contribution in [3.05, 3.63) is 101 Å². The number of anilines is 1. The molecule has 3 aromatic carbocycles. The van der Waals surface area contributed by atoms with E-state index >= 15 is 0 Å². The van der Waals surface area contributed by atoms with Crippen molar-refractivity contribution in [2.45, 2.75) is 44.9 Å². The zero-order valence-electron chi connectivity index (χ0n) is 28.9. The monoisotopic (exact) mass is 684 g/mol. The van der Waals surface area contributed by atoms with E-state index in [2.05, 4.69) is 29.6 Å². The number of hydrogen-bond donors (Lipinski definition) is 0. The molecule has 2 saturated heterocycles. The van der Waals surface area contributed by atoms with Gasteiger partial charge in [0, 0.05) is 31.1 Å². The van der Waals surface area contributed by atoms with Gasteiger partial charge in [-0.2, -0.15) is 15.2 Å². The Morgan fingerprint density at radius 2 is 1.80 bits per heavy atom.